The van der Waals surface area contributed by atoms with Crippen LogP contribution in [-0.2, 0) is 0 Å². The van der Waals surface area contributed by atoms with Crippen LogP contribution in [0.25, 0.3) is 10.9 Å². The van der Waals surface area contributed by atoms with Crippen molar-refractivity contribution in [2.75, 3.05) is 13.1 Å². The van der Waals surface area contributed by atoms with Crippen LogP contribution < -0.4 is 5.32 Å². The summed E-state index contributed by atoms with van der Waals surface area (Å²) in [6.45, 7) is 2.17. The number of fused-ring (bicyclic) bond motifs is 1. The molecule has 0 radical (unpaired) electrons. The Morgan fingerprint density at radius 1 is 1.25 bits per heavy atom. The number of H-pyrrole nitrogens is 1. The molecule has 4 heteroatoms. The lowest BCUT2D eigenvalue weighted by molar-refractivity contribution is 0.461. The van der Waals surface area contributed by atoms with E-state index in [0.717, 1.165) is 29.0 Å². The second-order valence-corrected chi connectivity index (χ2v) is 4.76. The molecule has 0 bridgehead atoms. The zero-order valence-corrected chi connectivity index (χ0v) is 9.72. The zero-order valence-electron chi connectivity index (χ0n) is 8.96. The minimum atomic E-state index is 0.585. The van der Waals surface area contributed by atoms with Crippen LogP contribution >= 0.6 is 11.6 Å². The van der Waals surface area contributed by atoms with Gasteiger partial charge >= 0.3 is 0 Å². The van der Waals surface area contributed by atoms with E-state index >= 15 is 0 Å². The van der Waals surface area contributed by atoms with Crippen molar-refractivity contribution in [3.63, 3.8) is 0 Å². The molecule has 0 aliphatic carbocycles. The third kappa shape index (κ3) is 1.70. The van der Waals surface area contributed by atoms with Gasteiger partial charge in [0.25, 0.3) is 0 Å². The Morgan fingerprint density at radius 2 is 2.06 bits per heavy atom. The van der Waals surface area contributed by atoms with Crippen molar-refractivity contribution >= 4 is 22.5 Å². The van der Waals surface area contributed by atoms with Crippen molar-refractivity contribution in [1.82, 2.24) is 15.5 Å². The summed E-state index contributed by atoms with van der Waals surface area (Å²) in [4.78, 5) is 0. The fraction of sp³-hybridized carbons (Fsp3) is 0.417. The number of aromatic nitrogens is 2. The maximum atomic E-state index is 6.33. The van der Waals surface area contributed by atoms with Crippen LogP contribution in [0.5, 0.6) is 0 Å². The molecule has 1 fully saturated rings. The summed E-state index contributed by atoms with van der Waals surface area (Å²) in [6.07, 6.45) is 4.14. The van der Waals surface area contributed by atoms with Gasteiger partial charge in [0, 0.05) is 10.4 Å². The van der Waals surface area contributed by atoms with Gasteiger partial charge in [-0.25, -0.2) is 0 Å². The summed E-state index contributed by atoms with van der Waals surface area (Å²) in [6, 6.07) is 4.17. The van der Waals surface area contributed by atoms with Crippen LogP contribution in [0.1, 0.15) is 24.3 Å². The zero-order chi connectivity index (χ0) is 11.0. The van der Waals surface area contributed by atoms with Crippen LogP contribution in [-0.4, -0.2) is 23.3 Å². The number of halogens is 1. The maximum absolute atomic E-state index is 6.33. The largest absolute Gasteiger partial charge is 0.317 e. The van der Waals surface area contributed by atoms with Crippen LogP contribution in [0, 0.1) is 0 Å². The first-order chi connectivity index (χ1) is 7.84. The van der Waals surface area contributed by atoms with Gasteiger partial charge in [-0.05, 0) is 49.5 Å². The molecule has 3 rings (SSSR count). The molecule has 84 valence electrons. The smallest absolute Gasteiger partial charge is 0.0654 e. The van der Waals surface area contributed by atoms with E-state index in [0.29, 0.717) is 5.92 Å². The summed E-state index contributed by atoms with van der Waals surface area (Å²) in [5.41, 5.74) is 2.35. The number of nitrogens with zero attached hydrogens (tertiary/aromatic N) is 1. The Balaban J connectivity index is 2.03. The molecule has 2 aromatic rings. The SMILES string of the molecule is Clc1cc2cn[nH]c2cc1C1CCNCC1. The fourth-order valence-electron chi connectivity index (χ4n) is 2.43. The molecule has 2 heterocycles. The highest BCUT2D eigenvalue weighted by Gasteiger charge is 2.18. The number of piperidine rings is 1. The quantitative estimate of drug-likeness (QED) is 0.798. The molecular formula is C12H14ClN3. The average molecular weight is 236 g/mol. The summed E-state index contributed by atoms with van der Waals surface area (Å²) < 4.78 is 0. The standard InChI is InChI=1S/C12H14ClN3/c13-11-5-9-7-15-16-12(9)6-10(11)8-1-3-14-4-2-8/h5-8,14H,1-4H2,(H,15,16). The Hall–Kier alpha value is -1.06. The predicted molar refractivity (Wildman–Crippen MR) is 65.9 cm³/mol. The van der Waals surface area contributed by atoms with E-state index in [2.05, 4.69) is 21.6 Å². The molecule has 0 saturated carbocycles. The van der Waals surface area contributed by atoms with Crippen molar-refractivity contribution < 1.29 is 0 Å². The van der Waals surface area contributed by atoms with Gasteiger partial charge in [0.15, 0.2) is 0 Å². The van der Waals surface area contributed by atoms with E-state index in [1.807, 2.05) is 12.3 Å². The lowest BCUT2D eigenvalue weighted by Crippen LogP contribution is -2.26. The molecular weight excluding hydrogens is 222 g/mol. The van der Waals surface area contributed by atoms with Gasteiger partial charge in [0.2, 0.25) is 0 Å². The number of hydrogen-bond acceptors (Lipinski definition) is 2. The normalized spacial score (nSPS) is 18.1. The van der Waals surface area contributed by atoms with Crippen LogP contribution in [0.4, 0.5) is 0 Å². The Morgan fingerprint density at radius 3 is 2.88 bits per heavy atom. The first kappa shape index (κ1) is 10.1. The molecule has 0 atom stereocenters. The minimum Gasteiger partial charge on any atom is -0.317 e. The maximum Gasteiger partial charge on any atom is 0.0654 e. The van der Waals surface area contributed by atoms with Gasteiger partial charge in [-0.2, -0.15) is 5.10 Å². The van der Waals surface area contributed by atoms with E-state index in [1.54, 1.807) is 0 Å². The summed E-state index contributed by atoms with van der Waals surface area (Å²) >= 11 is 6.33. The monoisotopic (exact) mass is 235 g/mol. The molecule has 1 saturated heterocycles. The molecule has 16 heavy (non-hydrogen) atoms. The number of nitrogens with one attached hydrogen (secondary N) is 2. The Labute approximate surface area is 99.2 Å². The van der Waals surface area contributed by atoms with E-state index in [1.165, 1.54) is 18.4 Å². The number of hydrogen-bond donors (Lipinski definition) is 2. The lowest BCUT2D eigenvalue weighted by Gasteiger charge is -2.23. The van der Waals surface area contributed by atoms with Crippen molar-refractivity contribution in [2.45, 2.75) is 18.8 Å². The van der Waals surface area contributed by atoms with Crippen molar-refractivity contribution in [3.05, 3.63) is 28.9 Å². The summed E-state index contributed by atoms with van der Waals surface area (Å²) in [5, 5.41) is 12.4. The first-order valence-corrected chi connectivity index (χ1v) is 6.05. The molecule has 1 aromatic heterocycles. The van der Waals surface area contributed by atoms with E-state index in [-0.39, 0.29) is 0 Å². The second-order valence-electron chi connectivity index (χ2n) is 4.36. The topological polar surface area (TPSA) is 40.7 Å². The van der Waals surface area contributed by atoms with Gasteiger partial charge in [-0.1, -0.05) is 11.6 Å². The molecule has 1 aliphatic heterocycles. The highest BCUT2D eigenvalue weighted by atomic mass is 35.5. The molecule has 2 N–H and O–H groups in total. The Bertz CT molecular complexity index is 500. The molecule has 0 amide bonds. The molecule has 0 unspecified atom stereocenters. The highest BCUT2D eigenvalue weighted by Crippen LogP contribution is 2.33. The Kier molecular flexibility index (Phi) is 2.58. The highest BCUT2D eigenvalue weighted by molar-refractivity contribution is 6.32. The summed E-state index contributed by atoms with van der Waals surface area (Å²) in [7, 11) is 0. The predicted octanol–water partition coefficient (Wildman–Crippen LogP) is 2.68. The van der Waals surface area contributed by atoms with E-state index in [9.17, 15) is 0 Å². The fourth-order valence-corrected chi connectivity index (χ4v) is 2.75. The van der Waals surface area contributed by atoms with Crippen molar-refractivity contribution in [1.29, 1.82) is 0 Å². The molecule has 1 aliphatic rings. The van der Waals surface area contributed by atoms with E-state index in [4.69, 9.17) is 11.6 Å². The number of aromatic amines is 1. The molecule has 1 aromatic carbocycles. The van der Waals surface area contributed by atoms with Crippen molar-refractivity contribution in [3.8, 4) is 0 Å². The van der Waals surface area contributed by atoms with Gasteiger partial charge in [-0.3, -0.25) is 5.10 Å². The second kappa shape index (κ2) is 4.07. The number of rotatable bonds is 1. The van der Waals surface area contributed by atoms with Crippen molar-refractivity contribution in [2.24, 2.45) is 0 Å². The first-order valence-electron chi connectivity index (χ1n) is 5.68. The third-order valence-electron chi connectivity index (χ3n) is 3.34. The third-order valence-corrected chi connectivity index (χ3v) is 3.66. The van der Waals surface area contributed by atoms with Crippen LogP contribution in [0.15, 0.2) is 18.3 Å². The van der Waals surface area contributed by atoms with Crippen LogP contribution in [0.2, 0.25) is 5.02 Å². The van der Waals surface area contributed by atoms with Gasteiger partial charge in [-0.15, -0.1) is 0 Å². The van der Waals surface area contributed by atoms with Gasteiger partial charge in [0.05, 0.1) is 11.7 Å². The average Bonchev–Trinajstić information content (AvgIpc) is 2.76. The lowest BCUT2D eigenvalue weighted by atomic mass is 9.90. The van der Waals surface area contributed by atoms with E-state index < -0.39 is 0 Å². The minimum absolute atomic E-state index is 0.585. The molecule has 0 spiro atoms. The van der Waals surface area contributed by atoms with Gasteiger partial charge < -0.3 is 5.32 Å². The van der Waals surface area contributed by atoms with Gasteiger partial charge in [0.1, 0.15) is 0 Å². The number of benzene rings is 1. The van der Waals surface area contributed by atoms with Crippen LogP contribution in [0.3, 0.4) is 0 Å². The molecule has 3 nitrogen and oxygen atoms in total. The summed E-state index contributed by atoms with van der Waals surface area (Å²) in [5.74, 6) is 0.585.